The van der Waals surface area contributed by atoms with Gasteiger partial charge in [0, 0.05) is 31.2 Å². The van der Waals surface area contributed by atoms with Crippen LogP contribution in [0.1, 0.15) is 29.9 Å². The second-order valence-electron chi connectivity index (χ2n) is 10.3. The average Bonchev–Trinajstić information content (AvgIpc) is 3.71. The minimum absolute atomic E-state index is 0.194. The zero-order valence-corrected chi connectivity index (χ0v) is 23.5. The number of nitrogens with zero attached hydrogens (tertiary/aromatic N) is 5. The van der Waals surface area contributed by atoms with Crippen molar-refractivity contribution >= 4 is 11.9 Å². The van der Waals surface area contributed by atoms with Gasteiger partial charge in [0.15, 0.2) is 11.5 Å². The van der Waals surface area contributed by atoms with Crippen molar-refractivity contribution in [3.63, 3.8) is 0 Å². The maximum atomic E-state index is 12.8. The van der Waals surface area contributed by atoms with Crippen LogP contribution < -0.4 is 20.6 Å². The summed E-state index contributed by atoms with van der Waals surface area (Å²) in [6, 6.07) is 11.6. The first-order valence-corrected chi connectivity index (χ1v) is 13.3. The molecule has 0 aliphatic carbocycles. The molecule has 0 amide bonds. The number of ether oxygens (including phenoxy) is 2. The third-order valence-corrected chi connectivity index (χ3v) is 7.22. The summed E-state index contributed by atoms with van der Waals surface area (Å²) in [5.41, 5.74) is 0.572. The van der Waals surface area contributed by atoms with E-state index in [4.69, 9.17) is 34.4 Å². The van der Waals surface area contributed by atoms with E-state index in [9.17, 15) is 35.9 Å². The van der Waals surface area contributed by atoms with E-state index in [-0.39, 0.29) is 18.8 Å². The summed E-state index contributed by atoms with van der Waals surface area (Å²) < 4.78 is 77.2. The van der Waals surface area contributed by atoms with E-state index < -0.39 is 35.4 Å². The summed E-state index contributed by atoms with van der Waals surface area (Å²) >= 11 is 0. The molecule has 3 aromatic rings. The van der Waals surface area contributed by atoms with Gasteiger partial charge in [0.25, 0.3) is 0 Å². The van der Waals surface area contributed by atoms with E-state index in [1.165, 1.54) is 4.68 Å². The molecule has 1 atom stereocenters. The molecule has 46 heavy (non-hydrogen) atoms. The van der Waals surface area contributed by atoms with Crippen LogP contribution in [0.15, 0.2) is 52.2 Å². The van der Waals surface area contributed by atoms with Crippen molar-refractivity contribution in [3.8, 4) is 11.5 Å². The zero-order valence-electron chi connectivity index (χ0n) is 23.5. The lowest BCUT2D eigenvalue weighted by Crippen LogP contribution is -2.45. The summed E-state index contributed by atoms with van der Waals surface area (Å²) in [6.07, 6.45) is -6.77. The summed E-state index contributed by atoms with van der Waals surface area (Å²) in [4.78, 5) is 49.9. The lowest BCUT2D eigenvalue weighted by molar-refractivity contribution is -0.193. The van der Waals surface area contributed by atoms with Crippen molar-refractivity contribution in [2.24, 2.45) is 0 Å². The van der Waals surface area contributed by atoms with E-state index in [1.54, 1.807) is 10.8 Å². The highest BCUT2D eigenvalue weighted by molar-refractivity contribution is 5.73. The van der Waals surface area contributed by atoms with Crippen LogP contribution in [0.3, 0.4) is 0 Å². The van der Waals surface area contributed by atoms with Crippen molar-refractivity contribution in [2.75, 3.05) is 19.9 Å². The van der Waals surface area contributed by atoms with Gasteiger partial charge < -0.3 is 19.7 Å². The number of hydrogen-bond donors (Lipinski definition) is 2. The molecule has 0 bridgehead atoms. The van der Waals surface area contributed by atoms with Crippen LogP contribution in [0.4, 0.5) is 26.3 Å². The predicted molar refractivity (Wildman–Crippen MR) is 142 cm³/mol. The maximum absolute atomic E-state index is 12.8. The smallest absolute Gasteiger partial charge is 0.475 e. The number of carbonyl (C=O) groups is 2. The van der Waals surface area contributed by atoms with Gasteiger partial charge in [-0.3, -0.25) is 24.0 Å². The van der Waals surface area contributed by atoms with Crippen LogP contribution in [0.2, 0.25) is 0 Å². The first-order valence-electron chi connectivity index (χ1n) is 13.3. The van der Waals surface area contributed by atoms with Crippen LogP contribution in [-0.4, -0.2) is 78.6 Å². The summed E-state index contributed by atoms with van der Waals surface area (Å²) in [5, 5.41) is 18.9. The molecule has 1 aromatic carbocycles. The van der Waals surface area contributed by atoms with Gasteiger partial charge in [0.05, 0.1) is 12.2 Å². The SMILES string of the molecule is O=C(O)C(F)(F)F.O=C(O)C(F)(F)F.O=c1c(=O)n2c(nn1Cc1ccccn1)C1(CCN(Cc3ccc4c(c3)OCO4)C1)CC2. The standard InChI is InChI=1S/C23H23N5O4.2C2HF3O2/c29-20-21(30)28(13-17-3-1-2-8-24-17)25-22-23(7-10-27(20)22)6-9-26(14-23)12-16-4-5-18-19(11-16)32-15-31-18;2*3-2(4,5)1(6)7/h1-5,8,11H,6-7,9-10,12-15H2;2*(H,6,7). The van der Waals surface area contributed by atoms with Gasteiger partial charge in [-0.15, -0.1) is 0 Å². The fourth-order valence-electron chi connectivity index (χ4n) is 5.10. The lowest BCUT2D eigenvalue weighted by atomic mass is 9.85. The molecule has 13 nitrogen and oxygen atoms in total. The van der Waals surface area contributed by atoms with E-state index in [0.717, 1.165) is 55.4 Å². The zero-order chi connectivity index (χ0) is 33.9. The van der Waals surface area contributed by atoms with Crippen LogP contribution in [0.25, 0.3) is 0 Å². The van der Waals surface area contributed by atoms with Gasteiger partial charge in [0.1, 0.15) is 5.82 Å². The molecule has 1 fully saturated rings. The Labute approximate surface area is 254 Å². The number of aliphatic carboxylic acids is 2. The number of aromatic nitrogens is 4. The largest absolute Gasteiger partial charge is 0.490 e. The third kappa shape index (κ3) is 7.82. The quantitative estimate of drug-likeness (QED) is 0.312. The Morgan fingerprint density at radius 2 is 1.50 bits per heavy atom. The van der Waals surface area contributed by atoms with E-state index in [2.05, 4.69) is 16.0 Å². The fraction of sp³-hybridized carbons (Fsp3) is 0.407. The molecule has 6 rings (SSSR count). The molecule has 1 spiro atoms. The number of hydrogen-bond acceptors (Lipinski definition) is 9. The third-order valence-electron chi connectivity index (χ3n) is 7.22. The fourth-order valence-corrected chi connectivity index (χ4v) is 5.10. The van der Waals surface area contributed by atoms with E-state index in [1.807, 2.05) is 30.3 Å². The molecule has 3 aliphatic rings. The Morgan fingerprint density at radius 3 is 2.11 bits per heavy atom. The number of benzene rings is 1. The lowest BCUT2D eigenvalue weighted by Gasteiger charge is -2.24. The first-order chi connectivity index (χ1) is 21.5. The molecule has 2 N–H and O–H groups in total. The molecule has 19 heteroatoms. The van der Waals surface area contributed by atoms with Crippen molar-refractivity contribution < 1.29 is 55.6 Å². The average molecular weight is 662 g/mol. The normalized spacial score (nSPS) is 18.3. The highest BCUT2D eigenvalue weighted by Gasteiger charge is 2.47. The molecular weight excluding hydrogens is 636 g/mol. The van der Waals surface area contributed by atoms with Gasteiger partial charge in [-0.2, -0.15) is 31.4 Å². The highest BCUT2D eigenvalue weighted by atomic mass is 19.4. The number of carboxylic acids is 2. The topological polar surface area (TPSA) is 166 Å². The number of rotatable bonds is 4. The molecule has 2 aromatic heterocycles. The van der Waals surface area contributed by atoms with Crippen LogP contribution in [-0.2, 0) is 34.6 Å². The Hall–Kier alpha value is -4.94. The molecule has 1 saturated heterocycles. The van der Waals surface area contributed by atoms with Crippen molar-refractivity contribution in [3.05, 3.63) is 80.4 Å². The van der Waals surface area contributed by atoms with Gasteiger partial charge in [-0.05, 0) is 49.2 Å². The van der Waals surface area contributed by atoms with E-state index in [0.29, 0.717) is 12.2 Å². The minimum atomic E-state index is -5.08. The number of carboxylic acid groups (broad SMARTS) is 2. The molecule has 3 aliphatic heterocycles. The number of alkyl halides is 6. The predicted octanol–water partition coefficient (Wildman–Crippen LogP) is 2.39. The molecule has 5 heterocycles. The van der Waals surface area contributed by atoms with Crippen molar-refractivity contribution in [1.29, 1.82) is 0 Å². The Balaban J connectivity index is 0.000000289. The molecule has 0 saturated carbocycles. The Bertz CT molecular complexity index is 1690. The Kier molecular flexibility index (Phi) is 9.74. The second kappa shape index (κ2) is 13.2. The van der Waals surface area contributed by atoms with Crippen LogP contribution in [0.5, 0.6) is 11.5 Å². The Morgan fingerprint density at radius 1 is 0.870 bits per heavy atom. The van der Waals surface area contributed by atoms with E-state index >= 15 is 0 Å². The van der Waals surface area contributed by atoms with Crippen LogP contribution >= 0.6 is 0 Å². The van der Waals surface area contributed by atoms with Gasteiger partial charge >= 0.3 is 35.4 Å². The number of pyridine rings is 1. The van der Waals surface area contributed by atoms with Gasteiger partial charge in [-0.1, -0.05) is 12.1 Å². The molecule has 1 unspecified atom stereocenters. The number of halogens is 6. The maximum Gasteiger partial charge on any atom is 0.490 e. The summed E-state index contributed by atoms with van der Waals surface area (Å²) in [6.45, 7) is 3.50. The summed E-state index contributed by atoms with van der Waals surface area (Å²) in [7, 11) is 0. The highest BCUT2D eigenvalue weighted by Crippen LogP contribution is 2.41. The monoisotopic (exact) mass is 661 g/mol. The van der Waals surface area contributed by atoms with Crippen molar-refractivity contribution in [2.45, 2.75) is 50.2 Å². The molecule has 0 radical (unpaired) electrons. The van der Waals surface area contributed by atoms with Gasteiger partial charge in [-0.25, -0.2) is 14.3 Å². The van der Waals surface area contributed by atoms with Crippen molar-refractivity contribution in [1.82, 2.24) is 24.2 Å². The number of fused-ring (bicyclic) bond motifs is 3. The summed E-state index contributed by atoms with van der Waals surface area (Å²) in [5.74, 6) is -3.22. The van der Waals surface area contributed by atoms with Crippen LogP contribution in [0, 0.1) is 0 Å². The number of likely N-dealkylation sites (tertiary alicyclic amines) is 1. The molecular formula is C27H25F6N5O8. The molecule has 248 valence electrons. The second-order valence-corrected chi connectivity index (χ2v) is 10.3. The van der Waals surface area contributed by atoms with Gasteiger partial charge in [0.2, 0.25) is 6.79 Å². The minimum Gasteiger partial charge on any atom is -0.475 e. The first kappa shape index (κ1) is 33.9.